The van der Waals surface area contributed by atoms with Gasteiger partial charge in [0.2, 0.25) is 0 Å². The molecule has 0 N–H and O–H groups in total. The second-order valence-corrected chi connectivity index (χ2v) is 9.64. The number of rotatable bonds is 2. The fraction of sp³-hybridized carbons (Fsp3) is 0.467. The second kappa shape index (κ2) is 14.0. The molecule has 0 heterocycles. The third-order valence-corrected chi connectivity index (χ3v) is 4.13. The van der Waals surface area contributed by atoms with E-state index in [1.54, 1.807) is 0 Å². The molecule has 0 bridgehead atoms. The Bertz CT molecular complexity index is 799. The number of hydrogen-bond acceptors (Lipinski definition) is 0. The van der Waals surface area contributed by atoms with E-state index in [0.717, 1.165) is 12.8 Å². The van der Waals surface area contributed by atoms with Crippen molar-refractivity contribution in [2.24, 2.45) is 10.8 Å². The minimum atomic E-state index is 0.364. The van der Waals surface area contributed by atoms with Gasteiger partial charge in [-0.25, -0.2) is 0 Å². The first-order chi connectivity index (χ1) is 14.1. The summed E-state index contributed by atoms with van der Waals surface area (Å²) in [5.41, 5.74) is 3.63. The molecule has 166 valence electrons. The molecular formula is C30H46. The van der Waals surface area contributed by atoms with Crippen LogP contribution in [0.5, 0.6) is 0 Å². The Balaban J connectivity index is 0.000000498. The highest BCUT2D eigenvalue weighted by atomic mass is 14.2. The van der Waals surface area contributed by atoms with Crippen molar-refractivity contribution in [3.05, 3.63) is 83.9 Å². The monoisotopic (exact) mass is 406 g/mol. The topological polar surface area (TPSA) is 0 Å². The summed E-state index contributed by atoms with van der Waals surface area (Å²) in [7, 11) is 0. The van der Waals surface area contributed by atoms with Gasteiger partial charge in [-0.1, -0.05) is 142 Å². The molecule has 3 rings (SSSR count). The van der Waals surface area contributed by atoms with Crippen LogP contribution in [0.15, 0.2) is 72.8 Å². The molecule has 3 aromatic rings. The minimum Gasteiger partial charge on any atom is -0.0683 e. The van der Waals surface area contributed by atoms with Crippen LogP contribution in [-0.2, 0) is 12.8 Å². The average molecular weight is 407 g/mol. The largest absolute Gasteiger partial charge is 0.0683 e. The van der Waals surface area contributed by atoms with Gasteiger partial charge < -0.3 is 0 Å². The summed E-state index contributed by atoms with van der Waals surface area (Å²) in [6.45, 7) is 21.6. The van der Waals surface area contributed by atoms with Crippen LogP contribution in [0.1, 0.15) is 80.4 Å². The van der Waals surface area contributed by atoms with Crippen molar-refractivity contribution in [3.63, 3.8) is 0 Å². The highest BCUT2D eigenvalue weighted by Crippen LogP contribution is 2.23. The van der Waals surface area contributed by atoms with Crippen LogP contribution in [0, 0.1) is 10.8 Å². The van der Waals surface area contributed by atoms with Crippen molar-refractivity contribution in [3.8, 4) is 0 Å². The van der Waals surface area contributed by atoms with Gasteiger partial charge in [0.05, 0.1) is 0 Å². The first-order valence-electron chi connectivity index (χ1n) is 11.6. The Labute approximate surface area is 187 Å². The highest BCUT2D eigenvalue weighted by molar-refractivity contribution is 5.82. The van der Waals surface area contributed by atoms with Crippen LogP contribution < -0.4 is 0 Å². The third kappa shape index (κ3) is 12.5. The summed E-state index contributed by atoms with van der Waals surface area (Å²) in [5, 5.41) is 2.68. The lowest BCUT2D eigenvalue weighted by Gasteiger charge is -2.18. The van der Waals surface area contributed by atoms with E-state index in [1.165, 1.54) is 21.9 Å². The van der Waals surface area contributed by atoms with Gasteiger partial charge in [-0.05, 0) is 45.6 Å². The summed E-state index contributed by atoms with van der Waals surface area (Å²) in [5.74, 6) is 0. The zero-order chi connectivity index (χ0) is 23.2. The van der Waals surface area contributed by atoms with Crippen LogP contribution >= 0.6 is 0 Å². The molecule has 0 saturated carbocycles. The van der Waals surface area contributed by atoms with E-state index in [4.69, 9.17) is 0 Å². The molecule has 0 atom stereocenters. The molecule has 0 aliphatic heterocycles. The van der Waals surface area contributed by atoms with Gasteiger partial charge in [-0.3, -0.25) is 0 Å². The maximum absolute atomic E-state index is 2.31. The first-order valence-corrected chi connectivity index (χ1v) is 11.6. The molecule has 0 aromatic heterocycles. The van der Waals surface area contributed by atoms with Crippen LogP contribution in [0.2, 0.25) is 0 Å². The van der Waals surface area contributed by atoms with Gasteiger partial charge in [0.1, 0.15) is 0 Å². The predicted molar refractivity (Wildman–Crippen MR) is 139 cm³/mol. The van der Waals surface area contributed by atoms with Gasteiger partial charge in [0, 0.05) is 0 Å². The molecule has 3 aromatic carbocycles. The van der Waals surface area contributed by atoms with E-state index in [9.17, 15) is 0 Å². The molecule has 0 heteroatoms. The number of fused-ring (bicyclic) bond motifs is 1. The fourth-order valence-corrected chi connectivity index (χ4v) is 3.17. The SMILES string of the molecule is CC.CC.CC(C)(C)Cc1ccc2ccccc2c1.CC(C)(C)Cc1ccccc1. The number of hydrogen-bond donors (Lipinski definition) is 0. The lowest BCUT2D eigenvalue weighted by atomic mass is 9.87. The smallest absolute Gasteiger partial charge is 0.0181 e. The van der Waals surface area contributed by atoms with Gasteiger partial charge in [0.15, 0.2) is 0 Å². The van der Waals surface area contributed by atoms with E-state index in [0.29, 0.717) is 10.8 Å². The lowest BCUT2D eigenvalue weighted by Crippen LogP contribution is -2.08. The van der Waals surface area contributed by atoms with E-state index in [2.05, 4.69) is 114 Å². The molecule has 30 heavy (non-hydrogen) atoms. The molecule has 0 fully saturated rings. The lowest BCUT2D eigenvalue weighted by molar-refractivity contribution is 0.411. The van der Waals surface area contributed by atoms with Gasteiger partial charge >= 0.3 is 0 Å². The van der Waals surface area contributed by atoms with Crippen molar-refractivity contribution >= 4 is 10.8 Å². The summed E-state index contributed by atoms with van der Waals surface area (Å²) in [6, 6.07) is 25.9. The van der Waals surface area contributed by atoms with Crippen molar-refractivity contribution in [2.75, 3.05) is 0 Å². The van der Waals surface area contributed by atoms with Gasteiger partial charge in [-0.15, -0.1) is 0 Å². The Morgan fingerprint density at radius 3 is 1.40 bits per heavy atom. The van der Waals surface area contributed by atoms with Gasteiger partial charge in [-0.2, -0.15) is 0 Å². The van der Waals surface area contributed by atoms with Crippen LogP contribution in [0.3, 0.4) is 0 Å². The molecule has 0 aliphatic carbocycles. The normalized spacial score (nSPS) is 10.6. The van der Waals surface area contributed by atoms with Crippen molar-refractivity contribution in [1.82, 2.24) is 0 Å². The average Bonchev–Trinajstić information content (AvgIpc) is 2.70. The highest BCUT2D eigenvalue weighted by Gasteiger charge is 2.11. The Kier molecular flexibility index (Phi) is 13.0. The predicted octanol–water partition coefficient (Wildman–Crippen LogP) is 9.76. The maximum Gasteiger partial charge on any atom is -0.0181 e. The molecule has 0 spiro atoms. The van der Waals surface area contributed by atoms with Crippen LogP contribution in [0.25, 0.3) is 10.8 Å². The summed E-state index contributed by atoms with van der Waals surface area (Å²) < 4.78 is 0. The molecule has 0 nitrogen and oxygen atoms in total. The van der Waals surface area contributed by atoms with Crippen molar-refractivity contribution < 1.29 is 0 Å². The maximum atomic E-state index is 2.31. The Hall–Kier alpha value is -2.08. The second-order valence-electron chi connectivity index (χ2n) is 9.64. The summed E-state index contributed by atoms with van der Waals surface area (Å²) in [4.78, 5) is 0. The summed E-state index contributed by atoms with van der Waals surface area (Å²) in [6.07, 6.45) is 2.30. The molecular weight excluding hydrogens is 360 g/mol. The summed E-state index contributed by atoms with van der Waals surface area (Å²) >= 11 is 0. The fourth-order valence-electron chi connectivity index (χ4n) is 3.17. The standard InChI is InChI=1S/C15H18.C11H16.2C2H6/c1-15(2,3)11-12-8-9-13-6-4-5-7-14(13)10-12;1-11(2,3)9-10-7-5-4-6-8-10;2*1-2/h4-10H,11H2,1-3H3;4-8H,9H2,1-3H3;2*1-2H3. The van der Waals surface area contributed by atoms with E-state index in [1.807, 2.05) is 27.7 Å². The molecule has 0 unspecified atom stereocenters. The van der Waals surface area contributed by atoms with Gasteiger partial charge in [0.25, 0.3) is 0 Å². The van der Waals surface area contributed by atoms with Crippen LogP contribution in [-0.4, -0.2) is 0 Å². The molecule has 0 aliphatic rings. The Morgan fingerprint density at radius 1 is 0.467 bits per heavy atom. The molecule has 0 amide bonds. The van der Waals surface area contributed by atoms with Crippen LogP contribution in [0.4, 0.5) is 0 Å². The first kappa shape index (κ1) is 27.9. The third-order valence-electron chi connectivity index (χ3n) is 4.13. The molecule has 0 saturated heterocycles. The minimum absolute atomic E-state index is 0.364. The quantitative estimate of drug-likeness (QED) is 0.397. The number of benzene rings is 3. The molecule has 0 radical (unpaired) electrons. The Morgan fingerprint density at radius 2 is 0.900 bits per heavy atom. The van der Waals surface area contributed by atoms with E-state index in [-0.39, 0.29) is 0 Å². The zero-order valence-electron chi connectivity index (χ0n) is 21.3. The van der Waals surface area contributed by atoms with Crippen molar-refractivity contribution in [2.45, 2.75) is 82.1 Å². The van der Waals surface area contributed by atoms with E-state index >= 15 is 0 Å². The zero-order valence-corrected chi connectivity index (χ0v) is 21.3. The van der Waals surface area contributed by atoms with Crippen molar-refractivity contribution in [1.29, 1.82) is 0 Å². The van der Waals surface area contributed by atoms with E-state index < -0.39 is 0 Å².